The van der Waals surface area contributed by atoms with E-state index in [9.17, 15) is 147 Å². The smallest absolute Gasteiger partial charge is 0.232 e. The molecule has 0 spiro atoms. The Kier molecular flexibility index (Phi) is 34.6. The van der Waals surface area contributed by atoms with Crippen molar-refractivity contribution in [1.82, 2.24) is 26.6 Å². The number of alkyl halides is 1. The van der Waals surface area contributed by atoms with Crippen LogP contribution >= 0.6 is 15.9 Å². The van der Waals surface area contributed by atoms with Crippen LogP contribution in [0.15, 0.2) is 0 Å². The van der Waals surface area contributed by atoms with E-state index in [2.05, 4.69) is 42.5 Å². The van der Waals surface area contributed by atoms with E-state index >= 15 is 0 Å². The van der Waals surface area contributed by atoms with Gasteiger partial charge in [-0.05, 0) is 0 Å². The van der Waals surface area contributed by atoms with Gasteiger partial charge in [-0.1, -0.05) is 15.9 Å². The average molecular weight is 1750 g/mol. The number of hydrogen-bond acceptors (Lipinski definition) is 46. The summed E-state index contributed by atoms with van der Waals surface area (Å²) in [5, 5.41) is 280. The van der Waals surface area contributed by atoms with E-state index < -0.39 is 359 Å². The first kappa shape index (κ1) is 95.0. The normalized spacial score (nSPS) is 47.9. The third-order valence-corrected chi connectivity index (χ3v) is 21.0. The molecule has 29 N–H and O–H groups in total. The summed E-state index contributed by atoms with van der Waals surface area (Å²) in [5.41, 5.74) is 0. The first-order chi connectivity index (χ1) is 54.4. The summed E-state index contributed by atoms with van der Waals surface area (Å²) in [6.07, 6.45) is -87.9. The van der Waals surface area contributed by atoms with Crippen molar-refractivity contribution in [2.45, 2.75) is 304 Å². The molecule has 0 aromatic rings. The van der Waals surface area contributed by atoms with Crippen molar-refractivity contribution < 1.29 is 227 Å². The number of hydrogen-bond donors (Lipinski definition) is 29. The summed E-state index contributed by atoms with van der Waals surface area (Å²) >= 11 is 2.97. The monoisotopic (exact) mass is 1750 g/mol. The van der Waals surface area contributed by atoms with Gasteiger partial charge in [-0.2, -0.15) is 0 Å². The summed E-state index contributed by atoms with van der Waals surface area (Å²) in [6.45, 7) is -5.12. The van der Waals surface area contributed by atoms with Crippen LogP contribution in [0.1, 0.15) is 27.7 Å². The number of halogens is 1. The third-order valence-electron chi connectivity index (χ3n) is 20.5. The van der Waals surface area contributed by atoms with E-state index in [1.165, 1.54) is 0 Å². The Balaban J connectivity index is 1.08. The molecule has 9 rings (SSSR count). The molecular weight excluding hydrogens is 1640 g/mol. The van der Waals surface area contributed by atoms with Crippen molar-refractivity contribution in [2.75, 3.05) is 58.2 Å². The number of ether oxygens (including phenoxy) is 17. The molecule has 9 aliphatic heterocycles. The summed E-state index contributed by atoms with van der Waals surface area (Å²) in [6, 6.07) is -7.51. The standard InChI is InChI=1S/C63H104BrN5O46/c1-14(78)65-27-35(87)47(22(10-74)99-54(27)69-26(82)5-64)107-55-28(66-15(2)79)36(88)50(25(13-77)104-55)110-60-45(97)51(111-62-52(41(93)33(85)20(8-72)102-62)112-56-29(67-16(3)80)37(89)48(23(11-75)105-56)108-58-43(95)39(91)31(83)18(6-70)100-58)46(98)61(114-60)115-63-53(42(94)34(86)21(9-73)103-63)113-57-30(68-17(4)81)38(90)49(24(12-76)106-57)109-59-44(96)40(92)32(84)19(7-71)101-59/h18-25,27-63,70-77,83-98H,5-13H2,1-4H3,(H,65,78)(H,66,79)(H,67,80)(H,68,81)(H,69,82)/t18?,19?,20?,21?,22?,23?,24-,25?,27?,28?,29?,30?,31-,32-,33+,34+,35+,36+,37+,38?,39-,40-,41?,42-,43?,44?,45?,46-,47+,48+,49+,50+,51+,52?,53?,54+,55-,56-,57-,58-,59-,60+,61?,62+,63+/m0/s1. The Morgan fingerprint density at radius 2 is 0.487 bits per heavy atom. The van der Waals surface area contributed by atoms with Gasteiger partial charge >= 0.3 is 0 Å². The molecule has 9 heterocycles. The van der Waals surface area contributed by atoms with Gasteiger partial charge in [-0.15, -0.1) is 0 Å². The van der Waals surface area contributed by atoms with Crippen molar-refractivity contribution in [1.29, 1.82) is 0 Å². The van der Waals surface area contributed by atoms with Crippen LogP contribution < -0.4 is 26.6 Å². The van der Waals surface area contributed by atoms with Crippen LogP contribution in [0.3, 0.4) is 0 Å². The Labute approximate surface area is 659 Å². The SMILES string of the molecule is CC(=O)NC1C(O)[C@H](O[C@@H]2OC(CO)[C@H](O)[C@H](O)C2O)[C@H](CO)O[C@H]1OC1[C@@H](OC2O[C@@H](O[C@@H]3C(CO)O[C@@H](O[C@@H]4C(CO)O[C@@H](NC(=O)CBr)C(NC(C)=O)[C@H]4O)C(NC(C)=O)[C@H]3O)C(O)[C@@H](O[C@H]3OC(CO)[C@@H](O)C(O)C3O[C@@H]3OC(CO)[C@@H](O[C@@H]4OC(CO)[C@H](O)[C@H](O)C4O)[C@H](O)C3NC(C)=O)[C@@H]2O)OC(CO)[C@@H](O)[C@@H]1O. The fourth-order valence-corrected chi connectivity index (χ4v) is 14.8. The molecule has 19 unspecified atom stereocenters. The maximum atomic E-state index is 13.1. The molecule has 0 saturated carbocycles. The van der Waals surface area contributed by atoms with Gasteiger partial charge in [0.05, 0.1) is 58.2 Å². The lowest BCUT2D eigenvalue weighted by Crippen LogP contribution is -2.72. The zero-order valence-corrected chi connectivity index (χ0v) is 63.0. The minimum absolute atomic E-state index is 0.307. The highest BCUT2D eigenvalue weighted by Gasteiger charge is 2.62. The van der Waals surface area contributed by atoms with Gasteiger partial charge in [0.25, 0.3) is 0 Å². The number of carbonyl (C=O) groups excluding carboxylic acids is 5. The van der Waals surface area contributed by atoms with Crippen molar-refractivity contribution in [3.05, 3.63) is 0 Å². The maximum Gasteiger partial charge on any atom is 0.232 e. The Morgan fingerprint density at radius 3 is 0.809 bits per heavy atom. The van der Waals surface area contributed by atoms with Crippen LogP contribution in [0.25, 0.3) is 0 Å². The highest BCUT2D eigenvalue weighted by molar-refractivity contribution is 9.09. The number of nitrogens with one attached hydrogen (secondary N) is 5. The van der Waals surface area contributed by atoms with E-state index in [4.69, 9.17) is 80.5 Å². The Bertz CT molecular complexity index is 3110. The molecule has 0 radical (unpaired) electrons. The molecule has 115 heavy (non-hydrogen) atoms. The second kappa shape index (κ2) is 41.8. The first-order valence-corrected chi connectivity index (χ1v) is 37.4. The number of aliphatic hydroxyl groups excluding tert-OH is 24. The fraction of sp³-hybridized carbons (Fsp3) is 0.921. The largest absolute Gasteiger partial charge is 0.394 e. The molecule has 664 valence electrons. The summed E-state index contributed by atoms with van der Waals surface area (Å²) < 4.78 is 101. The van der Waals surface area contributed by atoms with Gasteiger partial charge in [0.15, 0.2) is 62.8 Å². The van der Waals surface area contributed by atoms with Crippen LogP contribution in [0.2, 0.25) is 0 Å². The van der Waals surface area contributed by atoms with Crippen molar-refractivity contribution in [3.8, 4) is 0 Å². The lowest BCUT2D eigenvalue weighted by atomic mass is 9.93. The number of carbonyl (C=O) groups is 5. The van der Waals surface area contributed by atoms with E-state index in [0.717, 1.165) is 27.7 Å². The van der Waals surface area contributed by atoms with E-state index in [-0.39, 0.29) is 5.33 Å². The molecular formula is C63H104BrN5O46. The molecule has 45 atom stereocenters. The number of rotatable bonds is 30. The van der Waals surface area contributed by atoms with Crippen LogP contribution in [0.4, 0.5) is 0 Å². The summed E-state index contributed by atoms with van der Waals surface area (Å²) in [5.74, 6) is -4.42. The number of amides is 5. The second-order valence-electron chi connectivity index (χ2n) is 28.5. The van der Waals surface area contributed by atoms with Gasteiger partial charge in [0, 0.05) is 27.7 Å². The first-order valence-electron chi connectivity index (χ1n) is 36.3. The molecule has 0 aromatic carbocycles. The molecule has 51 nitrogen and oxygen atoms in total. The van der Waals surface area contributed by atoms with Gasteiger partial charge in [-0.3, -0.25) is 24.0 Å². The molecule has 52 heteroatoms. The third kappa shape index (κ3) is 21.3. The van der Waals surface area contributed by atoms with Crippen LogP contribution in [-0.4, -0.2) is 487 Å². The minimum Gasteiger partial charge on any atom is -0.394 e. The molecule has 0 aliphatic carbocycles. The van der Waals surface area contributed by atoms with E-state index in [1.807, 2.05) is 0 Å². The zero-order valence-electron chi connectivity index (χ0n) is 61.4. The van der Waals surface area contributed by atoms with E-state index in [1.54, 1.807) is 0 Å². The predicted octanol–water partition coefficient (Wildman–Crippen LogP) is -19.6. The van der Waals surface area contributed by atoms with Crippen molar-refractivity contribution in [3.63, 3.8) is 0 Å². The highest BCUT2D eigenvalue weighted by Crippen LogP contribution is 2.41. The van der Waals surface area contributed by atoms with Gasteiger partial charge in [0.2, 0.25) is 29.5 Å². The molecule has 5 amide bonds. The maximum absolute atomic E-state index is 13.1. The molecule has 9 fully saturated rings. The quantitative estimate of drug-likeness (QED) is 0.0297. The lowest BCUT2D eigenvalue weighted by Gasteiger charge is -2.52. The summed E-state index contributed by atoms with van der Waals surface area (Å²) in [4.78, 5) is 64.1. The zero-order chi connectivity index (χ0) is 84.8. The minimum atomic E-state index is -2.71. The highest BCUT2D eigenvalue weighted by atomic mass is 79.9. The molecule has 9 aliphatic rings. The lowest BCUT2D eigenvalue weighted by molar-refractivity contribution is -0.433. The van der Waals surface area contributed by atoms with Crippen molar-refractivity contribution >= 4 is 45.5 Å². The van der Waals surface area contributed by atoms with Gasteiger partial charge < -0.3 is 230 Å². The molecule has 9 saturated heterocycles. The topological polar surface area (TPSA) is 788 Å². The van der Waals surface area contributed by atoms with E-state index in [0.29, 0.717) is 0 Å². The van der Waals surface area contributed by atoms with Gasteiger partial charge in [0.1, 0.15) is 213 Å². The fourth-order valence-electron chi connectivity index (χ4n) is 14.6. The predicted molar refractivity (Wildman–Crippen MR) is 358 cm³/mol. The van der Waals surface area contributed by atoms with Crippen LogP contribution in [-0.2, 0) is 104 Å². The number of aliphatic hydroxyl groups is 24. The molecule has 0 aromatic heterocycles. The summed E-state index contributed by atoms with van der Waals surface area (Å²) in [7, 11) is 0. The Morgan fingerprint density at radius 1 is 0.243 bits per heavy atom. The van der Waals surface area contributed by atoms with Gasteiger partial charge in [-0.25, -0.2) is 0 Å². The molecule has 0 bridgehead atoms. The Hall–Kier alpha value is -3.81. The second-order valence-corrected chi connectivity index (χ2v) is 29.1. The average Bonchev–Trinajstić information content (AvgIpc) is 0.764. The van der Waals surface area contributed by atoms with Crippen LogP contribution in [0, 0.1) is 0 Å². The van der Waals surface area contributed by atoms with Crippen molar-refractivity contribution in [2.24, 2.45) is 0 Å². The van der Waals surface area contributed by atoms with Crippen LogP contribution in [0.5, 0.6) is 0 Å².